The molecule has 9 heteroatoms. The topological polar surface area (TPSA) is 107 Å². The summed E-state index contributed by atoms with van der Waals surface area (Å²) < 4.78 is 35.1. The molecule has 0 spiro atoms. The molecule has 0 radical (unpaired) electrons. The minimum atomic E-state index is -4.37. The van der Waals surface area contributed by atoms with Gasteiger partial charge in [-0.25, -0.2) is 5.32 Å². The van der Waals surface area contributed by atoms with Crippen LogP contribution >= 0.6 is 7.60 Å². The van der Waals surface area contributed by atoms with Crippen molar-refractivity contribution in [1.29, 1.82) is 0 Å². The Morgan fingerprint density at radius 3 is 1.96 bits per heavy atom. The van der Waals surface area contributed by atoms with Crippen LogP contribution < -0.4 is 10.6 Å². The zero-order valence-electron chi connectivity index (χ0n) is 12.9. The van der Waals surface area contributed by atoms with E-state index in [1.165, 1.54) is 25.0 Å². The van der Waals surface area contributed by atoms with Crippen LogP contribution in [0.4, 0.5) is 8.78 Å². The number of benzene rings is 1. The Hall–Kier alpha value is -1.34. The maximum Gasteiger partial charge on any atom is 0.356 e. The predicted molar refractivity (Wildman–Crippen MR) is 83.0 cm³/mol. The molecule has 23 heavy (non-hydrogen) atoms. The number of rotatable bonds is 7. The quantitative estimate of drug-likeness (QED) is 0.442. The lowest BCUT2D eigenvalue weighted by Gasteiger charge is -2.14. The molecule has 0 aliphatic heterocycles. The van der Waals surface area contributed by atoms with E-state index in [0.29, 0.717) is 5.56 Å². The third-order valence-corrected chi connectivity index (χ3v) is 3.81. The molecule has 0 aromatic heterocycles. The summed E-state index contributed by atoms with van der Waals surface area (Å²) in [6.45, 7) is 1.40. The van der Waals surface area contributed by atoms with Gasteiger partial charge in [-0.3, -0.25) is 9.36 Å². The third-order valence-electron chi connectivity index (χ3n) is 2.84. The maximum atomic E-state index is 12.1. The number of nitrogens with one attached hydrogen (secondary N) is 1. The van der Waals surface area contributed by atoms with Crippen molar-refractivity contribution in [3.8, 4) is 0 Å². The van der Waals surface area contributed by atoms with Crippen LogP contribution in [0.2, 0.25) is 0 Å². The van der Waals surface area contributed by atoms with Gasteiger partial charge in [0.15, 0.2) is 0 Å². The molecule has 0 aliphatic rings. The highest BCUT2D eigenvalue weighted by atomic mass is 31.2. The van der Waals surface area contributed by atoms with Gasteiger partial charge in [0.05, 0.1) is 5.30 Å². The first-order chi connectivity index (χ1) is 10.6. The van der Waals surface area contributed by atoms with Crippen LogP contribution in [0, 0.1) is 0 Å². The van der Waals surface area contributed by atoms with Gasteiger partial charge in [-0.2, -0.15) is 8.78 Å². The normalized spacial score (nSPS) is 12.5. The van der Waals surface area contributed by atoms with E-state index in [1.807, 2.05) is 0 Å². The predicted octanol–water partition coefficient (Wildman–Crippen LogP) is 2.10. The van der Waals surface area contributed by atoms with E-state index in [4.69, 9.17) is 14.9 Å². The van der Waals surface area contributed by atoms with E-state index >= 15 is 0 Å². The molecule has 0 saturated carbocycles. The number of aliphatic carboxylic acids is 1. The molecule has 0 heterocycles. The zero-order chi connectivity index (χ0) is 18.0. The molecule has 1 aromatic rings. The Morgan fingerprint density at radius 2 is 1.65 bits per heavy atom. The summed E-state index contributed by atoms with van der Waals surface area (Å²) in [5.74, 6) is -1.43. The highest BCUT2D eigenvalue weighted by molar-refractivity contribution is 7.60. The number of halogens is 2. The summed E-state index contributed by atoms with van der Waals surface area (Å²) in [6, 6.07) is 3.38. The van der Waals surface area contributed by atoms with Crippen LogP contribution in [0.5, 0.6) is 0 Å². The van der Waals surface area contributed by atoms with Gasteiger partial charge in [-0.15, -0.1) is 0 Å². The highest BCUT2D eigenvalue weighted by Crippen LogP contribution is 2.32. The van der Waals surface area contributed by atoms with Crippen LogP contribution in [0.3, 0.4) is 0 Å². The van der Waals surface area contributed by atoms with Crippen LogP contribution in [-0.4, -0.2) is 33.5 Å². The largest absolute Gasteiger partial charge is 0.480 e. The van der Waals surface area contributed by atoms with Gasteiger partial charge in [-0.05, 0) is 24.1 Å². The molecular weight excluding hydrogens is 331 g/mol. The Kier molecular flexibility index (Phi) is 9.83. The van der Waals surface area contributed by atoms with Crippen molar-refractivity contribution < 1.29 is 33.0 Å². The van der Waals surface area contributed by atoms with Crippen LogP contribution in [0.25, 0.3) is 0 Å². The van der Waals surface area contributed by atoms with Crippen molar-refractivity contribution in [2.45, 2.75) is 45.7 Å². The number of alkyl halides is 2. The van der Waals surface area contributed by atoms with E-state index in [2.05, 4.69) is 13.8 Å². The first-order valence-electron chi connectivity index (χ1n) is 7.03. The SMILES string of the molecule is CCCC.O=C(O)[C@H](Cc1ccc(P(=O)(O)O)cc1)NC(F)F. The molecule has 0 saturated heterocycles. The second kappa shape index (κ2) is 10.4. The first-order valence-corrected chi connectivity index (χ1v) is 8.65. The van der Waals surface area contributed by atoms with Gasteiger partial charge in [0, 0.05) is 0 Å². The van der Waals surface area contributed by atoms with Crippen LogP contribution in [-0.2, 0) is 15.8 Å². The molecule has 132 valence electrons. The molecule has 0 bridgehead atoms. The van der Waals surface area contributed by atoms with Gasteiger partial charge < -0.3 is 14.9 Å². The molecule has 0 amide bonds. The molecular formula is C14H22F2NO5P. The second-order valence-electron chi connectivity index (χ2n) is 4.77. The molecule has 1 aromatic carbocycles. The van der Waals surface area contributed by atoms with Crippen molar-refractivity contribution in [1.82, 2.24) is 5.32 Å². The van der Waals surface area contributed by atoms with Gasteiger partial charge >= 0.3 is 13.6 Å². The molecule has 0 unspecified atom stereocenters. The average Bonchev–Trinajstić information content (AvgIpc) is 2.46. The summed E-state index contributed by atoms with van der Waals surface area (Å²) in [7, 11) is -4.37. The molecule has 1 atom stereocenters. The van der Waals surface area contributed by atoms with E-state index in [-0.39, 0.29) is 11.7 Å². The molecule has 6 nitrogen and oxygen atoms in total. The fraction of sp³-hybridized carbons (Fsp3) is 0.500. The Labute approximate surface area is 133 Å². The monoisotopic (exact) mass is 353 g/mol. The second-order valence-corrected chi connectivity index (χ2v) is 6.38. The minimum absolute atomic E-state index is 0.218. The summed E-state index contributed by atoms with van der Waals surface area (Å²) in [4.78, 5) is 28.5. The maximum absolute atomic E-state index is 12.1. The number of carboxylic acids is 1. The van der Waals surface area contributed by atoms with Crippen LogP contribution in [0.15, 0.2) is 24.3 Å². The molecule has 1 rings (SSSR count). The minimum Gasteiger partial charge on any atom is -0.480 e. The van der Waals surface area contributed by atoms with E-state index in [9.17, 15) is 18.1 Å². The summed E-state index contributed by atoms with van der Waals surface area (Å²) in [6.07, 6.45) is 2.42. The number of carbonyl (C=O) groups is 1. The van der Waals surface area contributed by atoms with Gasteiger partial charge in [0.25, 0.3) is 6.55 Å². The smallest absolute Gasteiger partial charge is 0.356 e. The molecule has 0 aliphatic carbocycles. The van der Waals surface area contributed by atoms with E-state index in [1.54, 1.807) is 5.32 Å². The summed E-state index contributed by atoms with van der Waals surface area (Å²) in [5, 5.41) is 10.1. The molecule has 4 N–H and O–H groups in total. The van der Waals surface area contributed by atoms with Crippen LogP contribution in [0.1, 0.15) is 32.3 Å². The first kappa shape index (κ1) is 21.7. The zero-order valence-corrected chi connectivity index (χ0v) is 13.8. The van der Waals surface area contributed by atoms with Gasteiger partial charge in [-0.1, -0.05) is 38.8 Å². The number of carboxylic acid groups (broad SMARTS) is 1. The van der Waals surface area contributed by atoms with Gasteiger partial charge in [0.2, 0.25) is 0 Å². The summed E-state index contributed by atoms with van der Waals surface area (Å²) >= 11 is 0. The van der Waals surface area contributed by atoms with E-state index in [0.717, 1.165) is 12.1 Å². The van der Waals surface area contributed by atoms with Crippen molar-refractivity contribution in [2.75, 3.05) is 0 Å². The third kappa shape index (κ3) is 9.40. The van der Waals surface area contributed by atoms with Gasteiger partial charge in [0.1, 0.15) is 6.04 Å². The van der Waals surface area contributed by atoms with Crippen molar-refractivity contribution in [3.05, 3.63) is 29.8 Å². The number of unbranched alkanes of at least 4 members (excludes halogenated alkanes) is 1. The lowest BCUT2D eigenvalue weighted by atomic mass is 10.1. The van der Waals surface area contributed by atoms with Crippen molar-refractivity contribution in [2.24, 2.45) is 0 Å². The van der Waals surface area contributed by atoms with Crippen molar-refractivity contribution >= 4 is 18.9 Å². The fourth-order valence-corrected chi connectivity index (χ4v) is 1.97. The Balaban J connectivity index is 0.00000108. The molecule has 0 fully saturated rings. The lowest BCUT2D eigenvalue weighted by molar-refractivity contribution is -0.140. The fourth-order valence-electron chi connectivity index (χ4n) is 1.43. The standard InChI is InChI=1S/C10H12F2NO5P.C4H10/c11-10(12)13-8(9(14)15)5-6-1-3-7(4-2-6)19(16,17)18;1-3-4-2/h1-4,8,10,13H,5H2,(H,14,15)(H2,16,17,18);3-4H2,1-2H3/t8-;/m0./s1. The Bertz CT molecular complexity index is 516. The van der Waals surface area contributed by atoms with E-state index < -0.39 is 26.2 Å². The lowest BCUT2D eigenvalue weighted by Crippen LogP contribution is -2.41. The Morgan fingerprint density at radius 1 is 1.17 bits per heavy atom. The summed E-state index contributed by atoms with van der Waals surface area (Å²) in [5.41, 5.74) is 0.373. The number of hydrogen-bond donors (Lipinski definition) is 4. The van der Waals surface area contributed by atoms with Crippen molar-refractivity contribution in [3.63, 3.8) is 0 Å². The highest BCUT2D eigenvalue weighted by Gasteiger charge is 2.22. The average molecular weight is 353 g/mol. The number of hydrogen-bond acceptors (Lipinski definition) is 3.